The van der Waals surface area contributed by atoms with Crippen LogP contribution >= 0.6 is 0 Å². The van der Waals surface area contributed by atoms with Gasteiger partial charge in [0.2, 0.25) is 0 Å². The standard InChI is InChI=1S/C8H17NO3/c1-7(2,9)4-8(3,5-10)6(11)12/h10H,4-5,9H2,1-3H3,(H,11,12). The molecule has 0 rings (SSSR count). The third-order valence-corrected chi connectivity index (χ3v) is 1.71. The summed E-state index contributed by atoms with van der Waals surface area (Å²) in [5.41, 5.74) is 3.96. The molecule has 12 heavy (non-hydrogen) atoms. The predicted molar refractivity (Wildman–Crippen MR) is 45.7 cm³/mol. The van der Waals surface area contributed by atoms with Crippen molar-refractivity contribution >= 4 is 5.97 Å². The second-order valence-corrected chi connectivity index (χ2v) is 4.19. The summed E-state index contributed by atoms with van der Waals surface area (Å²) >= 11 is 0. The van der Waals surface area contributed by atoms with E-state index in [0.717, 1.165) is 0 Å². The Labute approximate surface area is 72.4 Å². The van der Waals surface area contributed by atoms with Crippen LogP contribution in [0.5, 0.6) is 0 Å². The summed E-state index contributed by atoms with van der Waals surface area (Å²) in [4.78, 5) is 10.7. The monoisotopic (exact) mass is 175 g/mol. The molecule has 1 unspecified atom stereocenters. The van der Waals surface area contributed by atoms with E-state index in [-0.39, 0.29) is 13.0 Å². The van der Waals surface area contributed by atoms with Crippen molar-refractivity contribution < 1.29 is 15.0 Å². The van der Waals surface area contributed by atoms with Gasteiger partial charge in [-0.05, 0) is 27.2 Å². The van der Waals surface area contributed by atoms with Gasteiger partial charge in [-0.15, -0.1) is 0 Å². The lowest BCUT2D eigenvalue weighted by atomic mass is 9.79. The Morgan fingerprint density at radius 2 is 1.83 bits per heavy atom. The smallest absolute Gasteiger partial charge is 0.311 e. The zero-order valence-electron chi connectivity index (χ0n) is 7.79. The molecule has 0 saturated carbocycles. The summed E-state index contributed by atoms with van der Waals surface area (Å²) in [6.45, 7) is 4.58. The van der Waals surface area contributed by atoms with Crippen LogP contribution in [0.1, 0.15) is 27.2 Å². The Kier molecular flexibility index (Phi) is 3.24. The highest BCUT2D eigenvalue weighted by Gasteiger charge is 2.36. The number of carbonyl (C=O) groups is 1. The number of rotatable bonds is 4. The number of carboxylic acid groups (broad SMARTS) is 1. The summed E-state index contributed by atoms with van der Waals surface area (Å²) in [7, 11) is 0. The van der Waals surface area contributed by atoms with E-state index in [4.69, 9.17) is 15.9 Å². The highest BCUT2D eigenvalue weighted by Crippen LogP contribution is 2.26. The SMILES string of the molecule is CC(C)(N)CC(C)(CO)C(=O)O. The Hall–Kier alpha value is -0.610. The van der Waals surface area contributed by atoms with E-state index in [1.54, 1.807) is 13.8 Å². The molecule has 0 bridgehead atoms. The van der Waals surface area contributed by atoms with Crippen molar-refractivity contribution in [3.63, 3.8) is 0 Å². The molecular weight excluding hydrogens is 158 g/mol. The zero-order valence-corrected chi connectivity index (χ0v) is 7.79. The van der Waals surface area contributed by atoms with Crippen molar-refractivity contribution in [3.05, 3.63) is 0 Å². The average molecular weight is 175 g/mol. The Balaban J connectivity index is 4.46. The molecule has 0 heterocycles. The number of nitrogens with two attached hydrogens (primary N) is 1. The molecule has 4 nitrogen and oxygen atoms in total. The van der Waals surface area contributed by atoms with Crippen LogP contribution in [0.25, 0.3) is 0 Å². The normalized spacial score (nSPS) is 17.1. The molecule has 4 N–H and O–H groups in total. The molecule has 0 aromatic heterocycles. The first-order valence-electron chi connectivity index (χ1n) is 3.84. The summed E-state index contributed by atoms with van der Waals surface area (Å²) in [6.07, 6.45) is 0.256. The van der Waals surface area contributed by atoms with Gasteiger partial charge in [-0.3, -0.25) is 4.79 Å². The molecule has 4 heteroatoms. The van der Waals surface area contributed by atoms with Gasteiger partial charge in [0.1, 0.15) is 0 Å². The summed E-state index contributed by atoms with van der Waals surface area (Å²) in [5, 5.41) is 17.7. The lowest BCUT2D eigenvalue weighted by molar-refractivity contribution is -0.151. The second kappa shape index (κ2) is 3.41. The fraction of sp³-hybridized carbons (Fsp3) is 0.875. The van der Waals surface area contributed by atoms with E-state index in [1.807, 2.05) is 0 Å². The Morgan fingerprint density at radius 1 is 1.42 bits per heavy atom. The number of aliphatic hydroxyl groups excluding tert-OH is 1. The molecule has 0 amide bonds. The van der Waals surface area contributed by atoms with Crippen LogP contribution in [0, 0.1) is 5.41 Å². The third-order valence-electron chi connectivity index (χ3n) is 1.71. The molecule has 1 atom stereocenters. The minimum atomic E-state index is -1.13. The van der Waals surface area contributed by atoms with Gasteiger partial charge in [-0.1, -0.05) is 0 Å². The number of hydrogen-bond donors (Lipinski definition) is 3. The third kappa shape index (κ3) is 3.19. The van der Waals surface area contributed by atoms with Crippen molar-refractivity contribution in [3.8, 4) is 0 Å². The van der Waals surface area contributed by atoms with Crippen LogP contribution in [-0.4, -0.2) is 28.3 Å². The molecule has 0 aromatic rings. The minimum Gasteiger partial charge on any atom is -0.481 e. The van der Waals surface area contributed by atoms with E-state index in [0.29, 0.717) is 0 Å². The average Bonchev–Trinajstić information content (AvgIpc) is 1.83. The second-order valence-electron chi connectivity index (χ2n) is 4.19. The topological polar surface area (TPSA) is 83.5 Å². The fourth-order valence-corrected chi connectivity index (χ4v) is 1.20. The lowest BCUT2D eigenvalue weighted by Crippen LogP contribution is -2.43. The predicted octanol–water partition coefficient (Wildman–Crippen LogP) is 0.197. The molecule has 0 saturated heterocycles. The lowest BCUT2D eigenvalue weighted by Gasteiger charge is -2.30. The number of aliphatic hydroxyl groups is 1. The van der Waals surface area contributed by atoms with Crippen molar-refractivity contribution in [1.29, 1.82) is 0 Å². The molecule has 0 radical (unpaired) electrons. The summed E-state index contributed by atoms with van der Waals surface area (Å²) in [6, 6.07) is 0. The molecular formula is C8H17NO3. The van der Waals surface area contributed by atoms with Gasteiger partial charge < -0.3 is 15.9 Å². The number of carboxylic acids is 1. The first-order valence-corrected chi connectivity index (χ1v) is 3.84. The van der Waals surface area contributed by atoms with Crippen LogP contribution < -0.4 is 5.73 Å². The quantitative estimate of drug-likeness (QED) is 0.569. The van der Waals surface area contributed by atoms with Crippen molar-refractivity contribution in [1.82, 2.24) is 0 Å². The van der Waals surface area contributed by atoms with Crippen LogP contribution in [0.2, 0.25) is 0 Å². The van der Waals surface area contributed by atoms with E-state index in [1.165, 1.54) is 6.92 Å². The van der Waals surface area contributed by atoms with Crippen LogP contribution in [0.4, 0.5) is 0 Å². The Bertz CT molecular complexity index is 174. The van der Waals surface area contributed by atoms with Gasteiger partial charge in [0.25, 0.3) is 0 Å². The van der Waals surface area contributed by atoms with Gasteiger partial charge in [-0.2, -0.15) is 0 Å². The van der Waals surface area contributed by atoms with E-state index in [9.17, 15) is 4.79 Å². The van der Waals surface area contributed by atoms with Gasteiger partial charge in [0.15, 0.2) is 0 Å². The minimum absolute atomic E-state index is 0.256. The molecule has 0 aliphatic heterocycles. The molecule has 0 aliphatic rings. The molecule has 0 aromatic carbocycles. The van der Waals surface area contributed by atoms with Crippen molar-refractivity contribution in [2.24, 2.45) is 11.1 Å². The van der Waals surface area contributed by atoms with Crippen LogP contribution in [0.15, 0.2) is 0 Å². The highest BCUT2D eigenvalue weighted by atomic mass is 16.4. The van der Waals surface area contributed by atoms with Crippen LogP contribution in [0.3, 0.4) is 0 Å². The first-order chi connectivity index (χ1) is 5.21. The van der Waals surface area contributed by atoms with Crippen LogP contribution in [-0.2, 0) is 4.79 Å². The first kappa shape index (κ1) is 11.4. The van der Waals surface area contributed by atoms with Gasteiger partial charge in [0.05, 0.1) is 12.0 Å². The molecule has 72 valence electrons. The van der Waals surface area contributed by atoms with Gasteiger partial charge in [-0.25, -0.2) is 0 Å². The maximum absolute atomic E-state index is 10.7. The Morgan fingerprint density at radius 3 is 1.92 bits per heavy atom. The molecule has 0 fully saturated rings. The highest BCUT2D eigenvalue weighted by molar-refractivity contribution is 5.74. The van der Waals surface area contributed by atoms with Crippen molar-refractivity contribution in [2.75, 3.05) is 6.61 Å². The number of aliphatic carboxylic acids is 1. The largest absolute Gasteiger partial charge is 0.481 e. The maximum Gasteiger partial charge on any atom is 0.311 e. The summed E-state index contributed by atoms with van der Waals surface area (Å²) < 4.78 is 0. The van der Waals surface area contributed by atoms with Crippen molar-refractivity contribution in [2.45, 2.75) is 32.7 Å². The van der Waals surface area contributed by atoms with Gasteiger partial charge >= 0.3 is 5.97 Å². The van der Waals surface area contributed by atoms with E-state index < -0.39 is 16.9 Å². The van der Waals surface area contributed by atoms with E-state index in [2.05, 4.69) is 0 Å². The zero-order chi connectivity index (χ0) is 9.99. The fourth-order valence-electron chi connectivity index (χ4n) is 1.20. The summed E-state index contributed by atoms with van der Waals surface area (Å²) in [5.74, 6) is -1.01. The molecule has 0 aliphatic carbocycles. The number of hydrogen-bond acceptors (Lipinski definition) is 3. The maximum atomic E-state index is 10.7. The van der Waals surface area contributed by atoms with E-state index >= 15 is 0 Å². The van der Waals surface area contributed by atoms with Gasteiger partial charge in [0, 0.05) is 5.54 Å². The molecule has 0 spiro atoms.